The quantitative estimate of drug-likeness (QED) is 0.866. The maximum atomic E-state index is 9.05. The Morgan fingerprint density at radius 3 is 2.88 bits per heavy atom. The average Bonchev–Trinajstić information content (AvgIpc) is 2.37. The SMILES string of the molecule is N#Cc1c(Cl)cccc1NCC1CCNCC1. The zero-order valence-electron chi connectivity index (χ0n) is 9.67. The van der Waals surface area contributed by atoms with Gasteiger partial charge in [-0.1, -0.05) is 17.7 Å². The lowest BCUT2D eigenvalue weighted by atomic mass is 9.98. The van der Waals surface area contributed by atoms with Crippen molar-refractivity contribution in [2.24, 2.45) is 5.92 Å². The standard InChI is InChI=1S/C13H16ClN3/c14-12-2-1-3-13(11(12)8-15)17-9-10-4-6-16-7-5-10/h1-3,10,16-17H,4-7,9H2. The fourth-order valence-electron chi connectivity index (χ4n) is 2.13. The van der Waals surface area contributed by atoms with Gasteiger partial charge in [0.15, 0.2) is 0 Å². The van der Waals surface area contributed by atoms with Crippen molar-refractivity contribution in [3.8, 4) is 6.07 Å². The van der Waals surface area contributed by atoms with Gasteiger partial charge in [0.05, 0.1) is 16.3 Å². The van der Waals surface area contributed by atoms with Crippen LogP contribution in [-0.4, -0.2) is 19.6 Å². The lowest BCUT2D eigenvalue weighted by Crippen LogP contribution is -2.31. The summed E-state index contributed by atoms with van der Waals surface area (Å²) in [6.07, 6.45) is 2.38. The Labute approximate surface area is 107 Å². The Morgan fingerprint density at radius 2 is 2.18 bits per heavy atom. The number of hydrogen-bond acceptors (Lipinski definition) is 3. The number of halogens is 1. The summed E-state index contributed by atoms with van der Waals surface area (Å²) in [5.41, 5.74) is 1.39. The third kappa shape index (κ3) is 3.12. The Balaban J connectivity index is 1.99. The second-order valence-electron chi connectivity index (χ2n) is 4.35. The lowest BCUT2D eigenvalue weighted by molar-refractivity contribution is 0.390. The van der Waals surface area contributed by atoms with E-state index in [1.807, 2.05) is 12.1 Å². The second kappa shape index (κ2) is 5.90. The molecule has 90 valence electrons. The van der Waals surface area contributed by atoms with E-state index >= 15 is 0 Å². The van der Waals surface area contributed by atoms with Crippen LogP contribution in [0.5, 0.6) is 0 Å². The molecule has 3 nitrogen and oxygen atoms in total. The highest BCUT2D eigenvalue weighted by Gasteiger charge is 2.13. The van der Waals surface area contributed by atoms with Gasteiger partial charge in [0.1, 0.15) is 6.07 Å². The van der Waals surface area contributed by atoms with E-state index in [-0.39, 0.29) is 0 Å². The minimum atomic E-state index is 0.516. The molecule has 1 aromatic carbocycles. The minimum Gasteiger partial charge on any atom is -0.384 e. The van der Waals surface area contributed by atoms with Gasteiger partial charge < -0.3 is 10.6 Å². The molecule has 1 fully saturated rings. The Kier molecular flexibility index (Phi) is 4.24. The largest absolute Gasteiger partial charge is 0.384 e. The molecule has 0 bridgehead atoms. The number of nitrogens with one attached hydrogen (secondary N) is 2. The summed E-state index contributed by atoms with van der Waals surface area (Å²) in [6, 6.07) is 7.67. The maximum absolute atomic E-state index is 9.05. The van der Waals surface area contributed by atoms with Crippen molar-refractivity contribution in [1.29, 1.82) is 5.26 Å². The molecule has 0 spiro atoms. The van der Waals surface area contributed by atoms with Crippen molar-refractivity contribution in [3.05, 3.63) is 28.8 Å². The molecule has 0 saturated carbocycles. The molecule has 1 aliphatic rings. The van der Waals surface area contributed by atoms with E-state index in [1.54, 1.807) is 6.07 Å². The van der Waals surface area contributed by atoms with Crippen molar-refractivity contribution < 1.29 is 0 Å². The predicted octanol–water partition coefficient (Wildman–Crippen LogP) is 2.62. The van der Waals surface area contributed by atoms with E-state index in [9.17, 15) is 0 Å². The topological polar surface area (TPSA) is 47.9 Å². The molecule has 1 heterocycles. The monoisotopic (exact) mass is 249 g/mol. The molecular weight excluding hydrogens is 234 g/mol. The molecule has 0 aromatic heterocycles. The van der Waals surface area contributed by atoms with Gasteiger partial charge in [0.2, 0.25) is 0 Å². The van der Waals surface area contributed by atoms with Gasteiger partial charge in [-0.25, -0.2) is 0 Å². The van der Waals surface area contributed by atoms with E-state index in [0.717, 1.165) is 25.3 Å². The molecule has 1 aromatic rings. The maximum Gasteiger partial charge on any atom is 0.103 e. The van der Waals surface area contributed by atoms with E-state index in [1.165, 1.54) is 12.8 Å². The normalized spacial score (nSPS) is 16.5. The molecule has 1 aliphatic heterocycles. The fraction of sp³-hybridized carbons (Fsp3) is 0.462. The number of piperidine rings is 1. The van der Waals surface area contributed by atoms with Crippen molar-refractivity contribution in [1.82, 2.24) is 5.32 Å². The fourth-order valence-corrected chi connectivity index (χ4v) is 2.34. The smallest absolute Gasteiger partial charge is 0.103 e. The number of anilines is 1. The Bertz CT molecular complexity index is 419. The Morgan fingerprint density at radius 1 is 1.41 bits per heavy atom. The second-order valence-corrected chi connectivity index (χ2v) is 4.76. The summed E-state index contributed by atoms with van der Waals surface area (Å²) >= 11 is 5.98. The Hall–Kier alpha value is -1.24. The third-order valence-electron chi connectivity index (χ3n) is 3.17. The molecule has 0 unspecified atom stereocenters. The number of benzene rings is 1. The minimum absolute atomic E-state index is 0.516. The summed E-state index contributed by atoms with van der Waals surface area (Å²) in [6.45, 7) is 3.09. The zero-order valence-corrected chi connectivity index (χ0v) is 10.4. The average molecular weight is 250 g/mol. The van der Waals surface area contributed by atoms with Crippen LogP contribution < -0.4 is 10.6 Å². The van der Waals surface area contributed by atoms with Crippen molar-refractivity contribution in [2.45, 2.75) is 12.8 Å². The molecule has 2 rings (SSSR count). The van der Waals surface area contributed by atoms with Crippen LogP contribution in [-0.2, 0) is 0 Å². The molecule has 0 atom stereocenters. The van der Waals surface area contributed by atoms with E-state index < -0.39 is 0 Å². The first-order valence-electron chi connectivity index (χ1n) is 5.94. The molecule has 0 amide bonds. The van der Waals surface area contributed by atoms with Gasteiger partial charge in [0.25, 0.3) is 0 Å². The lowest BCUT2D eigenvalue weighted by Gasteiger charge is -2.23. The third-order valence-corrected chi connectivity index (χ3v) is 3.48. The van der Waals surface area contributed by atoms with Gasteiger partial charge in [-0.05, 0) is 44.0 Å². The summed E-state index contributed by atoms with van der Waals surface area (Å²) < 4.78 is 0. The van der Waals surface area contributed by atoms with Gasteiger partial charge in [0, 0.05) is 6.54 Å². The first kappa shape index (κ1) is 12.2. The summed E-state index contributed by atoms with van der Waals surface area (Å²) in [5.74, 6) is 0.682. The van der Waals surface area contributed by atoms with E-state index in [0.29, 0.717) is 16.5 Å². The summed E-state index contributed by atoms with van der Waals surface area (Å²) in [4.78, 5) is 0. The van der Waals surface area contributed by atoms with Crippen LogP contribution in [0.4, 0.5) is 5.69 Å². The van der Waals surface area contributed by atoms with Gasteiger partial charge in [-0.3, -0.25) is 0 Å². The first-order valence-corrected chi connectivity index (χ1v) is 6.32. The summed E-state index contributed by atoms with van der Waals surface area (Å²) in [7, 11) is 0. The molecule has 2 N–H and O–H groups in total. The molecular formula is C13H16ClN3. The number of rotatable bonds is 3. The molecule has 0 aliphatic carbocycles. The van der Waals surface area contributed by atoms with E-state index in [2.05, 4.69) is 16.7 Å². The van der Waals surface area contributed by atoms with Crippen LogP contribution in [0.15, 0.2) is 18.2 Å². The molecule has 4 heteroatoms. The predicted molar refractivity (Wildman–Crippen MR) is 70.3 cm³/mol. The van der Waals surface area contributed by atoms with Gasteiger partial charge in [-0.15, -0.1) is 0 Å². The highest BCUT2D eigenvalue weighted by Crippen LogP contribution is 2.24. The van der Waals surface area contributed by atoms with Crippen LogP contribution in [0.3, 0.4) is 0 Å². The zero-order chi connectivity index (χ0) is 12.1. The highest BCUT2D eigenvalue weighted by molar-refractivity contribution is 6.32. The van der Waals surface area contributed by atoms with Crippen LogP contribution in [0.25, 0.3) is 0 Å². The van der Waals surface area contributed by atoms with E-state index in [4.69, 9.17) is 16.9 Å². The molecule has 17 heavy (non-hydrogen) atoms. The van der Waals surface area contributed by atoms with Crippen molar-refractivity contribution in [3.63, 3.8) is 0 Å². The van der Waals surface area contributed by atoms with Gasteiger partial charge in [-0.2, -0.15) is 5.26 Å². The number of nitriles is 1. The molecule has 1 saturated heterocycles. The summed E-state index contributed by atoms with van der Waals surface area (Å²) in [5, 5.41) is 16.3. The number of hydrogen-bond donors (Lipinski definition) is 2. The van der Waals surface area contributed by atoms with Crippen LogP contribution >= 0.6 is 11.6 Å². The number of nitrogens with zero attached hydrogens (tertiary/aromatic N) is 1. The highest BCUT2D eigenvalue weighted by atomic mass is 35.5. The van der Waals surface area contributed by atoms with Gasteiger partial charge >= 0.3 is 0 Å². The van der Waals surface area contributed by atoms with Crippen molar-refractivity contribution >= 4 is 17.3 Å². The van der Waals surface area contributed by atoms with Crippen LogP contribution in [0.1, 0.15) is 18.4 Å². The van der Waals surface area contributed by atoms with Crippen molar-refractivity contribution in [2.75, 3.05) is 25.0 Å². The van der Waals surface area contributed by atoms with Crippen LogP contribution in [0, 0.1) is 17.2 Å². The van der Waals surface area contributed by atoms with Crippen LogP contribution in [0.2, 0.25) is 5.02 Å². The molecule has 0 radical (unpaired) electrons. The first-order chi connectivity index (χ1) is 8.31.